The summed E-state index contributed by atoms with van der Waals surface area (Å²) in [5, 5.41) is 11.2. The smallest absolute Gasteiger partial charge is 0.207 e. The number of ether oxygens (including phenoxy) is 2. The second-order valence-corrected chi connectivity index (χ2v) is 7.72. The molecule has 0 bridgehead atoms. The minimum atomic E-state index is -0.0330. The number of rotatable bonds is 10. The van der Waals surface area contributed by atoms with Crippen molar-refractivity contribution in [2.45, 2.75) is 38.9 Å². The molecule has 1 aliphatic heterocycles. The number of aromatic nitrogens is 4. The molecule has 3 heterocycles. The van der Waals surface area contributed by atoms with Crippen LogP contribution in [0.1, 0.15) is 32.0 Å². The van der Waals surface area contributed by atoms with Crippen molar-refractivity contribution in [2.75, 3.05) is 31.6 Å². The Morgan fingerprint density at radius 2 is 2.10 bits per heavy atom. The number of nitrogens with zero attached hydrogens (tertiary/aromatic N) is 4. The fourth-order valence-electron chi connectivity index (χ4n) is 3.80. The molecule has 9 heteroatoms. The zero-order valence-corrected chi connectivity index (χ0v) is 17.9. The lowest BCUT2D eigenvalue weighted by atomic mass is 10.1. The van der Waals surface area contributed by atoms with E-state index in [1.807, 2.05) is 31.2 Å². The van der Waals surface area contributed by atoms with Gasteiger partial charge in [0.25, 0.3) is 0 Å². The number of hydrogen-bond donors (Lipinski definition) is 2. The van der Waals surface area contributed by atoms with Crippen molar-refractivity contribution in [3.8, 4) is 17.1 Å². The fourth-order valence-corrected chi connectivity index (χ4v) is 3.80. The maximum Gasteiger partial charge on any atom is 0.207 e. The van der Waals surface area contributed by atoms with Crippen LogP contribution in [0.25, 0.3) is 22.3 Å². The number of aromatic amines is 1. The summed E-state index contributed by atoms with van der Waals surface area (Å²) in [7, 11) is 1.64. The molecule has 1 aliphatic rings. The first-order chi connectivity index (χ1) is 15.2. The first-order valence-corrected chi connectivity index (χ1v) is 10.6. The fraction of sp³-hybridized carbons (Fsp3) is 0.455. The summed E-state index contributed by atoms with van der Waals surface area (Å²) in [6, 6.07) is 7.85. The molecule has 2 aromatic heterocycles. The van der Waals surface area contributed by atoms with Gasteiger partial charge in [0.15, 0.2) is 5.82 Å². The number of carbonyl (C=O) groups excluding carboxylic acids is 1. The summed E-state index contributed by atoms with van der Waals surface area (Å²) in [5.74, 6) is 2.30. The van der Waals surface area contributed by atoms with Crippen molar-refractivity contribution >= 4 is 23.1 Å². The lowest BCUT2D eigenvalue weighted by molar-refractivity contribution is -0.109. The molecule has 0 radical (unpaired) electrons. The van der Waals surface area contributed by atoms with Gasteiger partial charge in [-0.3, -0.25) is 9.89 Å². The monoisotopic (exact) mass is 424 g/mol. The zero-order chi connectivity index (χ0) is 21.6. The Balaban J connectivity index is 1.64. The Hall–Kier alpha value is -3.20. The molecular weight excluding hydrogens is 396 g/mol. The molecule has 0 saturated carbocycles. The second-order valence-electron chi connectivity index (χ2n) is 7.72. The van der Waals surface area contributed by atoms with Crippen LogP contribution < -0.4 is 15.0 Å². The van der Waals surface area contributed by atoms with Crippen LogP contribution >= 0.6 is 0 Å². The number of hydrogen-bond acceptors (Lipinski definition) is 7. The molecule has 1 fully saturated rings. The Morgan fingerprint density at radius 3 is 2.87 bits per heavy atom. The summed E-state index contributed by atoms with van der Waals surface area (Å²) in [5.41, 5.74) is 2.43. The predicted molar refractivity (Wildman–Crippen MR) is 118 cm³/mol. The minimum absolute atomic E-state index is 0.0330. The number of amides is 1. The van der Waals surface area contributed by atoms with Crippen LogP contribution in [0.2, 0.25) is 0 Å². The maximum absolute atomic E-state index is 10.4. The number of benzene rings is 1. The van der Waals surface area contributed by atoms with E-state index >= 15 is 0 Å². The Morgan fingerprint density at radius 1 is 1.26 bits per heavy atom. The van der Waals surface area contributed by atoms with Crippen molar-refractivity contribution in [1.82, 2.24) is 25.5 Å². The highest BCUT2D eigenvalue weighted by Gasteiger charge is 2.19. The van der Waals surface area contributed by atoms with Gasteiger partial charge in [-0.2, -0.15) is 5.10 Å². The molecule has 9 nitrogen and oxygen atoms in total. The third-order valence-corrected chi connectivity index (χ3v) is 5.36. The zero-order valence-electron chi connectivity index (χ0n) is 17.9. The van der Waals surface area contributed by atoms with Crippen molar-refractivity contribution in [3.05, 3.63) is 30.1 Å². The van der Waals surface area contributed by atoms with E-state index in [2.05, 4.69) is 25.4 Å². The Kier molecular flexibility index (Phi) is 6.61. The molecule has 3 aromatic rings. The SMILES string of the molecule is COCc1nc(-c2n[nH]c3ccc(OC(C)CCNC=O)cc23)cc(N2CCCC2)n1. The number of carbonyl (C=O) groups is 1. The maximum atomic E-state index is 10.4. The van der Waals surface area contributed by atoms with E-state index < -0.39 is 0 Å². The van der Waals surface area contributed by atoms with Crippen LogP contribution in [0.3, 0.4) is 0 Å². The average molecular weight is 425 g/mol. The molecular formula is C22H28N6O3. The molecule has 2 N–H and O–H groups in total. The second kappa shape index (κ2) is 9.74. The van der Waals surface area contributed by atoms with Gasteiger partial charge in [-0.25, -0.2) is 9.97 Å². The number of fused-ring (bicyclic) bond motifs is 1. The van der Waals surface area contributed by atoms with E-state index in [-0.39, 0.29) is 6.10 Å². The van der Waals surface area contributed by atoms with Crippen LogP contribution in [-0.2, 0) is 16.1 Å². The number of methoxy groups -OCH3 is 1. The third-order valence-electron chi connectivity index (χ3n) is 5.36. The van der Waals surface area contributed by atoms with E-state index in [0.29, 0.717) is 25.4 Å². The predicted octanol–water partition coefficient (Wildman–Crippen LogP) is 2.67. The molecule has 1 saturated heterocycles. The van der Waals surface area contributed by atoms with Gasteiger partial charge in [-0.05, 0) is 38.0 Å². The molecule has 164 valence electrons. The topological polar surface area (TPSA) is 105 Å². The van der Waals surface area contributed by atoms with Crippen molar-refractivity contribution in [3.63, 3.8) is 0 Å². The summed E-state index contributed by atoms with van der Waals surface area (Å²) in [6.07, 6.45) is 3.73. The van der Waals surface area contributed by atoms with Gasteiger partial charge in [0, 0.05) is 44.6 Å². The summed E-state index contributed by atoms with van der Waals surface area (Å²) < 4.78 is 11.3. The Labute approximate surface area is 181 Å². The lowest BCUT2D eigenvalue weighted by Crippen LogP contribution is -2.21. The van der Waals surface area contributed by atoms with Crippen molar-refractivity contribution < 1.29 is 14.3 Å². The van der Waals surface area contributed by atoms with E-state index in [9.17, 15) is 4.79 Å². The molecule has 1 aromatic carbocycles. The van der Waals surface area contributed by atoms with Crippen LogP contribution in [0, 0.1) is 0 Å². The minimum Gasteiger partial charge on any atom is -0.491 e. The first kappa shape index (κ1) is 21.0. The van der Waals surface area contributed by atoms with E-state index in [0.717, 1.165) is 53.4 Å². The summed E-state index contributed by atoms with van der Waals surface area (Å²) in [4.78, 5) is 22.1. The lowest BCUT2D eigenvalue weighted by Gasteiger charge is -2.17. The molecule has 1 atom stereocenters. The van der Waals surface area contributed by atoms with Gasteiger partial charge in [-0.1, -0.05) is 0 Å². The van der Waals surface area contributed by atoms with E-state index in [4.69, 9.17) is 14.5 Å². The van der Waals surface area contributed by atoms with Crippen LogP contribution in [0.15, 0.2) is 24.3 Å². The van der Waals surface area contributed by atoms with Crippen molar-refractivity contribution in [1.29, 1.82) is 0 Å². The first-order valence-electron chi connectivity index (χ1n) is 10.6. The molecule has 1 amide bonds. The van der Waals surface area contributed by atoms with Gasteiger partial charge in [-0.15, -0.1) is 0 Å². The highest BCUT2D eigenvalue weighted by Crippen LogP contribution is 2.31. The van der Waals surface area contributed by atoms with E-state index in [1.54, 1.807) is 7.11 Å². The van der Waals surface area contributed by atoms with Gasteiger partial charge in [0.2, 0.25) is 6.41 Å². The summed E-state index contributed by atoms with van der Waals surface area (Å²) >= 11 is 0. The normalized spacial score (nSPS) is 14.7. The highest BCUT2D eigenvalue weighted by atomic mass is 16.5. The van der Waals surface area contributed by atoms with Gasteiger partial charge >= 0.3 is 0 Å². The number of nitrogens with one attached hydrogen (secondary N) is 2. The average Bonchev–Trinajstić information content (AvgIpc) is 3.44. The highest BCUT2D eigenvalue weighted by molar-refractivity contribution is 5.93. The van der Waals surface area contributed by atoms with Crippen LogP contribution in [0.5, 0.6) is 5.75 Å². The van der Waals surface area contributed by atoms with E-state index in [1.165, 1.54) is 12.8 Å². The van der Waals surface area contributed by atoms with Gasteiger partial charge in [0.1, 0.15) is 23.9 Å². The standard InChI is InChI=1S/C22H28N6O3/c1-15(7-8-23-14-29)31-16-5-6-18-17(11-16)22(27-26-18)19-12-21(28-9-3-4-10-28)25-20(24-19)13-30-2/h5-6,11-12,14-15H,3-4,7-10,13H2,1-2H3,(H,23,29)(H,26,27). The summed E-state index contributed by atoms with van der Waals surface area (Å²) in [6.45, 7) is 4.90. The third kappa shape index (κ3) is 4.93. The van der Waals surface area contributed by atoms with Crippen LogP contribution in [-0.4, -0.2) is 59.4 Å². The molecule has 4 rings (SSSR count). The van der Waals surface area contributed by atoms with Gasteiger partial charge in [0.05, 0.1) is 17.3 Å². The quantitative estimate of drug-likeness (QED) is 0.381. The van der Waals surface area contributed by atoms with Gasteiger partial charge < -0.3 is 19.7 Å². The largest absolute Gasteiger partial charge is 0.491 e. The van der Waals surface area contributed by atoms with Crippen LogP contribution in [0.4, 0.5) is 5.82 Å². The van der Waals surface area contributed by atoms with Crippen molar-refractivity contribution in [2.24, 2.45) is 0 Å². The molecule has 0 aliphatic carbocycles. The number of H-pyrrole nitrogens is 1. The molecule has 31 heavy (non-hydrogen) atoms. The molecule has 0 spiro atoms. The Bertz CT molecular complexity index is 1030. The number of anilines is 1. The molecule has 1 unspecified atom stereocenters.